The average Bonchev–Trinajstić information content (AvgIpc) is 2.64. The van der Waals surface area contributed by atoms with Crippen molar-refractivity contribution in [3.8, 4) is 0 Å². The quantitative estimate of drug-likeness (QED) is 0.829. The summed E-state index contributed by atoms with van der Waals surface area (Å²) >= 11 is 1.37. The van der Waals surface area contributed by atoms with Crippen molar-refractivity contribution in [3.63, 3.8) is 0 Å². The van der Waals surface area contributed by atoms with Gasteiger partial charge in [0.2, 0.25) is 0 Å². The molecule has 1 aliphatic rings. The molecule has 1 N–H and O–H groups in total. The fraction of sp³-hybridized carbons (Fsp3) is 0.857. The first-order chi connectivity index (χ1) is 8.50. The normalized spacial score (nSPS) is 20.7. The second kappa shape index (κ2) is 5.66. The van der Waals surface area contributed by atoms with Crippen LogP contribution in [0.2, 0.25) is 0 Å². The molecule has 1 aromatic heterocycles. The smallest absolute Gasteiger partial charge is 0.0945 e. The molecule has 1 heterocycles. The third-order valence-electron chi connectivity index (χ3n) is 3.84. The molecule has 1 unspecified atom stereocenters. The Bertz CT molecular complexity index is 375. The highest BCUT2D eigenvalue weighted by Gasteiger charge is 2.30. The Labute approximate surface area is 114 Å². The van der Waals surface area contributed by atoms with Gasteiger partial charge in [0.15, 0.2) is 0 Å². The summed E-state index contributed by atoms with van der Waals surface area (Å²) in [5.41, 5.74) is 0.942. The minimum atomic E-state index is -0.364. The van der Waals surface area contributed by atoms with Crippen LogP contribution < -0.4 is 0 Å². The molecule has 4 heteroatoms. The summed E-state index contributed by atoms with van der Waals surface area (Å²) in [7, 11) is 0. The van der Waals surface area contributed by atoms with Gasteiger partial charge in [-0.25, -0.2) is 0 Å². The molecule has 1 atom stereocenters. The van der Waals surface area contributed by atoms with Crippen molar-refractivity contribution in [1.29, 1.82) is 0 Å². The first kappa shape index (κ1) is 13.9. The number of aliphatic hydroxyl groups excluding tert-OH is 1. The first-order valence-corrected chi connectivity index (χ1v) is 7.78. The molecule has 102 valence electrons. The molecule has 0 spiro atoms. The van der Waals surface area contributed by atoms with Gasteiger partial charge in [0, 0.05) is 5.41 Å². The lowest BCUT2D eigenvalue weighted by Crippen LogP contribution is -2.19. The Morgan fingerprint density at radius 1 is 1.17 bits per heavy atom. The molecule has 1 aliphatic carbocycles. The van der Waals surface area contributed by atoms with Crippen LogP contribution in [0.3, 0.4) is 0 Å². The van der Waals surface area contributed by atoms with E-state index in [0.717, 1.165) is 23.4 Å². The molecular formula is C14H24N2OS. The van der Waals surface area contributed by atoms with Crippen LogP contribution in [0, 0.1) is 5.92 Å². The van der Waals surface area contributed by atoms with Crippen molar-refractivity contribution in [2.75, 3.05) is 0 Å². The molecule has 0 aliphatic heterocycles. The van der Waals surface area contributed by atoms with Crippen molar-refractivity contribution in [1.82, 2.24) is 9.59 Å². The Balaban J connectivity index is 2.17. The molecule has 1 fully saturated rings. The Morgan fingerprint density at radius 3 is 2.33 bits per heavy atom. The van der Waals surface area contributed by atoms with Crippen molar-refractivity contribution in [2.24, 2.45) is 5.92 Å². The number of hydrogen-bond donors (Lipinski definition) is 1. The molecule has 0 saturated heterocycles. The first-order valence-electron chi connectivity index (χ1n) is 7.01. The molecule has 0 radical (unpaired) electrons. The summed E-state index contributed by atoms with van der Waals surface area (Å²) in [5, 5.41) is 14.9. The topological polar surface area (TPSA) is 46.0 Å². The lowest BCUT2D eigenvalue weighted by molar-refractivity contribution is 0.100. The van der Waals surface area contributed by atoms with Crippen LogP contribution in [0.1, 0.15) is 76.0 Å². The zero-order chi connectivity index (χ0) is 13.2. The maximum atomic E-state index is 10.6. The third kappa shape index (κ3) is 3.09. The fourth-order valence-electron chi connectivity index (χ4n) is 2.75. The van der Waals surface area contributed by atoms with Crippen LogP contribution in [-0.2, 0) is 5.41 Å². The van der Waals surface area contributed by atoms with Crippen molar-refractivity contribution in [3.05, 3.63) is 10.6 Å². The molecule has 18 heavy (non-hydrogen) atoms. The van der Waals surface area contributed by atoms with Gasteiger partial charge < -0.3 is 5.11 Å². The van der Waals surface area contributed by atoms with Gasteiger partial charge in [-0.1, -0.05) is 50.9 Å². The fourth-order valence-corrected chi connectivity index (χ4v) is 3.70. The minimum Gasteiger partial charge on any atom is -0.387 e. The van der Waals surface area contributed by atoms with Crippen molar-refractivity contribution < 1.29 is 5.11 Å². The van der Waals surface area contributed by atoms with E-state index in [1.807, 2.05) is 0 Å². The minimum absolute atomic E-state index is 0.0337. The summed E-state index contributed by atoms with van der Waals surface area (Å²) in [5.74, 6) is 0.399. The van der Waals surface area contributed by atoms with Gasteiger partial charge in [-0.2, -0.15) is 0 Å². The second-order valence-corrected chi connectivity index (χ2v) is 7.22. The van der Waals surface area contributed by atoms with Crippen LogP contribution in [-0.4, -0.2) is 14.7 Å². The highest BCUT2D eigenvalue weighted by molar-refractivity contribution is 7.05. The molecule has 1 aromatic rings. The number of rotatable bonds is 2. The van der Waals surface area contributed by atoms with E-state index in [-0.39, 0.29) is 11.5 Å². The molecule has 0 amide bonds. The van der Waals surface area contributed by atoms with Crippen molar-refractivity contribution >= 4 is 11.5 Å². The third-order valence-corrected chi connectivity index (χ3v) is 4.63. The maximum Gasteiger partial charge on any atom is 0.0945 e. The lowest BCUT2D eigenvalue weighted by atomic mass is 9.86. The number of aromatic nitrogens is 2. The Hall–Kier alpha value is -0.480. The van der Waals surface area contributed by atoms with Gasteiger partial charge in [0.25, 0.3) is 0 Å². The van der Waals surface area contributed by atoms with Crippen LogP contribution >= 0.6 is 11.5 Å². The maximum absolute atomic E-state index is 10.6. The van der Waals surface area contributed by atoms with E-state index in [1.54, 1.807) is 0 Å². The zero-order valence-electron chi connectivity index (χ0n) is 11.6. The van der Waals surface area contributed by atoms with E-state index >= 15 is 0 Å². The molecule has 0 aromatic carbocycles. The van der Waals surface area contributed by atoms with Gasteiger partial charge in [-0.05, 0) is 30.3 Å². The highest BCUT2D eigenvalue weighted by atomic mass is 32.1. The summed E-state index contributed by atoms with van der Waals surface area (Å²) in [6, 6.07) is 0. The van der Waals surface area contributed by atoms with E-state index < -0.39 is 0 Å². The van der Waals surface area contributed by atoms with Gasteiger partial charge in [0.1, 0.15) is 0 Å². The molecule has 1 saturated carbocycles. The van der Waals surface area contributed by atoms with Crippen LogP contribution in [0.25, 0.3) is 0 Å². The summed E-state index contributed by atoms with van der Waals surface area (Å²) < 4.78 is 4.06. The standard InChI is InChI=1S/C14H24N2OS/c1-14(2,3)13-12(18-16-15-13)11(17)10-8-6-4-5-7-9-10/h10-11,17H,4-9H2,1-3H3. The monoisotopic (exact) mass is 268 g/mol. The Morgan fingerprint density at radius 2 is 1.78 bits per heavy atom. The van der Waals surface area contributed by atoms with E-state index in [0.29, 0.717) is 5.92 Å². The van der Waals surface area contributed by atoms with Crippen LogP contribution in [0.4, 0.5) is 0 Å². The van der Waals surface area contributed by atoms with E-state index in [2.05, 4.69) is 30.4 Å². The van der Waals surface area contributed by atoms with Crippen LogP contribution in [0.5, 0.6) is 0 Å². The SMILES string of the molecule is CC(C)(C)c1nnsc1C(O)C1CCCCCC1. The number of nitrogens with zero attached hydrogens (tertiary/aromatic N) is 2. The predicted molar refractivity (Wildman–Crippen MR) is 74.8 cm³/mol. The van der Waals surface area contributed by atoms with E-state index in [4.69, 9.17) is 0 Å². The summed E-state index contributed by atoms with van der Waals surface area (Å²) in [6.45, 7) is 6.40. The molecular weight excluding hydrogens is 244 g/mol. The van der Waals surface area contributed by atoms with Gasteiger partial charge in [-0.15, -0.1) is 5.10 Å². The second-order valence-electron chi connectivity index (χ2n) is 6.43. The number of hydrogen-bond acceptors (Lipinski definition) is 4. The highest BCUT2D eigenvalue weighted by Crippen LogP contribution is 2.38. The summed E-state index contributed by atoms with van der Waals surface area (Å²) in [4.78, 5) is 0.995. The van der Waals surface area contributed by atoms with Gasteiger partial charge in [-0.3, -0.25) is 0 Å². The van der Waals surface area contributed by atoms with Crippen molar-refractivity contribution in [2.45, 2.75) is 70.8 Å². The van der Waals surface area contributed by atoms with E-state index in [1.165, 1.54) is 37.2 Å². The van der Waals surface area contributed by atoms with Gasteiger partial charge >= 0.3 is 0 Å². The lowest BCUT2D eigenvalue weighted by Gasteiger charge is -2.24. The average molecular weight is 268 g/mol. The predicted octanol–water partition coefficient (Wildman–Crippen LogP) is 3.84. The van der Waals surface area contributed by atoms with E-state index in [9.17, 15) is 5.11 Å². The number of aliphatic hydroxyl groups is 1. The molecule has 0 bridgehead atoms. The molecule has 3 nitrogen and oxygen atoms in total. The van der Waals surface area contributed by atoms with Crippen LogP contribution in [0.15, 0.2) is 0 Å². The van der Waals surface area contributed by atoms with Gasteiger partial charge in [0.05, 0.1) is 16.7 Å². The Kier molecular flexibility index (Phi) is 4.38. The zero-order valence-corrected chi connectivity index (χ0v) is 12.5. The largest absolute Gasteiger partial charge is 0.387 e. The molecule has 2 rings (SSSR count). The summed E-state index contributed by atoms with van der Waals surface area (Å²) in [6.07, 6.45) is 7.05.